The number of ether oxygens (including phenoxy) is 1. The second-order valence-electron chi connectivity index (χ2n) is 6.87. The molecule has 1 amide bonds. The van der Waals surface area contributed by atoms with E-state index in [9.17, 15) is 4.79 Å². The second kappa shape index (κ2) is 8.83. The van der Waals surface area contributed by atoms with Gasteiger partial charge in [-0.05, 0) is 31.2 Å². The molecule has 3 rings (SSSR count). The third-order valence-electron chi connectivity index (χ3n) is 4.97. The highest BCUT2D eigenvalue weighted by Crippen LogP contribution is 2.19. The quantitative estimate of drug-likeness (QED) is 0.828. The molecular formula is C21H28N3O2+. The van der Waals surface area contributed by atoms with Crippen LogP contribution in [0, 0.1) is 0 Å². The molecule has 1 fully saturated rings. The summed E-state index contributed by atoms with van der Waals surface area (Å²) >= 11 is 0. The number of carbonyl (C=O) groups excluding carboxylic acids is 1. The molecule has 2 atom stereocenters. The highest BCUT2D eigenvalue weighted by atomic mass is 16.5. The average Bonchev–Trinajstić information content (AvgIpc) is 2.69. The van der Waals surface area contributed by atoms with Crippen molar-refractivity contribution in [2.24, 2.45) is 0 Å². The Morgan fingerprint density at radius 2 is 1.77 bits per heavy atom. The molecule has 0 radical (unpaired) electrons. The molecule has 5 heteroatoms. The lowest BCUT2D eigenvalue weighted by Gasteiger charge is -2.29. The van der Waals surface area contributed by atoms with E-state index in [2.05, 4.69) is 41.5 Å². The zero-order valence-electron chi connectivity index (χ0n) is 15.6. The molecule has 2 aromatic carbocycles. The van der Waals surface area contributed by atoms with Gasteiger partial charge < -0.3 is 19.9 Å². The maximum absolute atomic E-state index is 12.6. The van der Waals surface area contributed by atoms with E-state index in [1.807, 2.05) is 37.3 Å². The second-order valence-corrected chi connectivity index (χ2v) is 6.87. The maximum atomic E-state index is 12.6. The summed E-state index contributed by atoms with van der Waals surface area (Å²) in [4.78, 5) is 16.0. The summed E-state index contributed by atoms with van der Waals surface area (Å²) < 4.78 is 5.39. The molecular weight excluding hydrogens is 326 g/mol. The molecule has 138 valence electrons. The average molecular weight is 354 g/mol. The van der Waals surface area contributed by atoms with Gasteiger partial charge in [-0.1, -0.05) is 30.3 Å². The summed E-state index contributed by atoms with van der Waals surface area (Å²) in [6, 6.07) is 18.2. The minimum Gasteiger partial charge on any atom is -0.378 e. The van der Waals surface area contributed by atoms with Gasteiger partial charge in [0, 0.05) is 30.0 Å². The van der Waals surface area contributed by atoms with Crippen LogP contribution >= 0.6 is 0 Å². The predicted octanol–water partition coefficient (Wildman–Crippen LogP) is 1.57. The van der Waals surface area contributed by atoms with Gasteiger partial charge in [0.15, 0.2) is 6.04 Å². The van der Waals surface area contributed by atoms with Crippen molar-refractivity contribution in [1.29, 1.82) is 0 Å². The molecule has 0 spiro atoms. The van der Waals surface area contributed by atoms with E-state index in [1.54, 1.807) is 0 Å². The van der Waals surface area contributed by atoms with E-state index in [1.165, 1.54) is 16.2 Å². The van der Waals surface area contributed by atoms with Gasteiger partial charge in [-0.2, -0.15) is 0 Å². The Balaban J connectivity index is 1.54. The van der Waals surface area contributed by atoms with E-state index < -0.39 is 0 Å². The fourth-order valence-corrected chi connectivity index (χ4v) is 3.12. The summed E-state index contributed by atoms with van der Waals surface area (Å²) in [6.45, 7) is 6.16. The largest absolute Gasteiger partial charge is 0.378 e. The zero-order valence-corrected chi connectivity index (χ0v) is 15.6. The van der Waals surface area contributed by atoms with Crippen LogP contribution in [0.25, 0.3) is 0 Å². The Bertz CT molecular complexity index is 697. The zero-order chi connectivity index (χ0) is 18.4. The SMILES string of the molecule is C[C@@H](C(=O)Nc1ccc(N2CCOCC2)cc1)[NH+](C)Cc1ccccc1. The van der Waals surface area contributed by atoms with Gasteiger partial charge in [0.1, 0.15) is 6.54 Å². The van der Waals surface area contributed by atoms with Crippen LogP contribution in [0.3, 0.4) is 0 Å². The summed E-state index contributed by atoms with van der Waals surface area (Å²) in [7, 11) is 2.05. The van der Waals surface area contributed by atoms with Crippen molar-refractivity contribution >= 4 is 17.3 Å². The van der Waals surface area contributed by atoms with E-state index in [0.717, 1.165) is 38.5 Å². The molecule has 0 aliphatic carbocycles. The molecule has 1 aliphatic heterocycles. The first-order valence-electron chi connectivity index (χ1n) is 9.23. The third kappa shape index (κ3) is 4.84. The van der Waals surface area contributed by atoms with Crippen LogP contribution in [0.15, 0.2) is 54.6 Å². The van der Waals surface area contributed by atoms with Crippen molar-refractivity contribution in [3.8, 4) is 0 Å². The van der Waals surface area contributed by atoms with Gasteiger partial charge in [-0.3, -0.25) is 4.79 Å². The van der Waals surface area contributed by atoms with E-state index >= 15 is 0 Å². The van der Waals surface area contributed by atoms with E-state index in [4.69, 9.17) is 4.74 Å². The van der Waals surface area contributed by atoms with Crippen LogP contribution in [-0.2, 0) is 16.1 Å². The van der Waals surface area contributed by atoms with Crippen molar-refractivity contribution in [1.82, 2.24) is 0 Å². The molecule has 26 heavy (non-hydrogen) atoms. The fraction of sp³-hybridized carbons (Fsp3) is 0.381. The molecule has 1 unspecified atom stereocenters. The smallest absolute Gasteiger partial charge is 0.282 e. The summed E-state index contributed by atoms with van der Waals surface area (Å²) in [5.41, 5.74) is 3.25. The highest BCUT2D eigenvalue weighted by molar-refractivity contribution is 5.93. The lowest BCUT2D eigenvalue weighted by molar-refractivity contribution is -0.907. The van der Waals surface area contributed by atoms with Crippen LogP contribution in [-0.4, -0.2) is 45.3 Å². The number of carbonyl (C=O) groups is 1. The number of morpholine rings is 1. The molecule has 0 saturated carbocycles. The van der Waals surface area contributed by atoms with Gasteiger partial charge in [-0.15, -0.1) is 0 Å². The number of nitrogens with zero attached hydrogens (tertiary/aromatic N) is 1. The first-order chi connectivity index (χ1) is 12.6. The number of benzene rings is 2. The maximum Gasteiger partial charge on any atom is 0.282 e. The van der Waals surface area contributed by atoms with Crippen molar-refractivity contribution in [2.75, 3.05) is 43.6 Å². The number of nitrogens with one attached hydrogen (secondary N) is 2. The van der Waals surface area contributed by atoms with Crippen LogP contribution in [0.5, 0.6) is 0 Å². The Hall–Kier alpha value is -2.37. The topological polar surface area (TPSA) is 46.0 Å². The Labute approximate surface area is 155 Å². The number of hydrogen-bond donors (Lipinski definition) is 2. The lowest BCUT2D eigenvalue weighted by Crippen LogP contribution is -3.12. The molecule has 1 aliphatic rings. The molecule has 0 bridgehead atoms. The first-order valence-corrected chi connectivity index (χ1v) is 9.23. The van der Waals surface area contributed by atoms with Crippen LogP contribution < -0.4 is 15.1 Å². The van der Waals surface area contributed by atoms with Gasteiger partial charge in [0.25, 0.3) is 5.91 Å². The number of quaternary nitrogens is 1. The Morgan fingerprint density at radius 1 is 1.12 bits per heavy atom. The molecule has 5 nitrogen and oxygen atoms in total. The summed E-state index contributed by atoms with van der Waals surface area (Å²) in [6.07, 6.45) is 0. The first kappa shape index (κ1) is 18.4. The Kier molecular flexibility index (Phi) is 6.26. The number of amides is 1. The Morgan fingerprint density at radius 3 is 2.42 bits per heavy atom. The van der Waals surface area contributed by atoms with Gasteiger partial charge in [0.2, 0.25) is 0 Å². The van der Waals surface area contributed by atoms with Gasteiger partial charge in [0.05, 0.1) is 20.3 Å². The standard InChI is InChI=1S/C21H27N3O2/c1-17(23(2)16-18-6-4-3-5-7-18)21(25)22-19-8-10-20(11-9-19)24-12-14-26-15-13-24/h3-11,17H,12-16H2,1-2H3,(H,22,25)/p+1/t17-/m0/s1. The van der Waals surface area contributed by atoms with E-state index in [0.29, 0.717) is 0 Å². The number of likely N-dealkylation sites (N-methyl/N-ethyl adjacent to an activating group) is 1. The van der Waals surface area contributed by atoms with Crippen molar-refractivity contribution in [3.05, 3.63) is 60.2 Å². The van der Waals surface area contributed by atoms with Crippen LogP contribution in [0.2, 0.25) is 0 Å². The number of rotatable bonds is 6. The van der Waals surface area contributed by atoms with Crippen LogP contribution in [0.1, 0.15) is 12.5 Å². The summed E-state index contributed by atoms with van der Waals surface area (Å²) in [5.74, 6) is 0.0394. The molecule has 1 heterocycles. The predicted molar refractivity (Wildman–Crippen MR) is 105 cm³/mol. The van der Waals surface area contributed by atoms with Gasteiger partial charge in [-0.25, -0.2) is 0 Å². The monoisotopic (exact) mass is 354 g/mol. The third-order valence-corrected chi connectivity index (χ3v) is 4.97. The molecule has 2 aromatic rings. The van der Waals surface area contributed by atoms with Crippen molar-refractivity contribution in [2.45, 2.75) is 19.5 Å². The van der Waals surface area contributed by atoms with Crippen molar-refractivity contribution < 1.29 is 14.4 Å². The van der Waals surface area contributed by atoms with E-state index in [-0.39, 0.29) is 11.9 Å². The minimum atomic E-state index is -0.130. The molecule has 2 N–H and O–H groups in total. The number of anilines is 2. The highest BCUT2D eigenvalue weighted by Gasteiger charge is 2.22. The number of hydrogen-bond acceptors (Lipinski definition) is 3. The van der Waals surface area contributed by atoms with Crippen molar-refractivity contribution in [3.63, 3.8) is 0 Å². The lowest BCUT2D eigenvalue weighted by atomic mass is 10.2. The summed E-state index contributed by atoms with van der Waals surface area (Å²) in [5, 5.41) is 3.04. The minimum absolute atomic E-state index is 0.0394. The van der Waals surface area contributed by atoms with Crippen LogP contribution in [0.4, 0.5) is 11.4 Å². The molecule has 0 aromatic heterocycles. The normalized spacial score (nSPS) is 16.8. The van der Waals surface area contributed by atoms with Gasteiger partial charge >= 0.3 is 0 Å². The molecule has 1 saturated heterocycles. The fourth-order valence-electron chi connectivity index (χ4n) is 3.12.